The molecule has 1 aliphatic rings. The van der Waals surface area contributed by atoms with E-state index in [2.05, 4.69) is 11.5 Å². The highest BCUT2D eigenvalue weighted by Crippen LogP contribution is 2.37. The largest absolute Gasteiger partial charge is 0.497 e. The Labute approximate surface area is 125 Å². The molecule has 0 spiro atoms. The molecule has 0 bridgehead atoms. The van der Waals surface area contributed by atoms with Crippen LogP contribution >= 0.6 is 0 Å². The van der Waals surface area contributed by atoms with Gasteiger partial charge in [-0.15, -0.1) is 0 Å². The van der Waals surface area contributed by atoms with Gasteiger partial charge in [-0.2, -0.15) is 0 Å². The fourth-order valence-corrected chi connectivity index (χ4v) is 3.29. The molecule has 0 saturated heterocycles. The summed E-state index contributed by atoms with van der Waals surface area (Å²) in [6, 6.07) is 7.96. The molecular formula is C17H23N3O. The molecule has 0 radical (unpaired) electrons. The summed E-state index contributed by atoms with van der Waals surface area (Å²) in [4.78, 5) is 4.89. The van der Waals surface area contributed by atoms with E-state index in [0.717, 1.165) is 35.2 Å². The van der Waals surface area contributed by atoms with E-state index in [0.29, 0.717) is 5.92 Å². The van der Waals surface area contributed by atoms with Gasteiger partial charge in [-0.25, -0.2) is 4.98 Å². The van der Waals surface area contributed by atoms with Crippen molar-refractivity contribution < 1.29 is 4.74 Å². The van der Waals surface area contributed by atoms with Crippen molar-refractivity contribution in [2.75, 3.05) is 12.8 Å². The molecule has 21 heavy (non-hydrogen) atoms. The number of nitrogen functional groups attached to an aromatic ring is 1. The summed E-state index contributed by atoms with van der Waals surface area (Å²) < 4.78 is 7.48. The maximum atomic E-state index is 6.37. The lowest BCUT2D eigenvalue weighted by Gasteiger charge is -2.11. The zero-order chi connectivity index (χ0) is 14.8. The van der Waals surface area contributed by atoms with Crippen LogP contribution in [0.3, 0.4) is 0 Å². The second kappa shape index (κ2) is 5.80. The Bertz CT molecular complexity index is 627. The number of hydrogen-bond donors (Lipinski definition) is 1. The lowest BCUT2D eigenvalue weighted by molar-refractivity contribution is 0.415. The second-order valence-corrected chi connectivity index (χ2v) is 5.66. The summed E-state index contributed by atoms with van der Waals surface area (Å²) in [6.07, 6.45) is 5.06. The molecule has 0 atom stereocenters. The van der Waals surface area contributed by atoms with E-state index in [4.69, 9.17) is 15.5 Å². The van der Waals surface area contributed by atoms with Crippen LogP contribution in [0.4, 0.5) is 5.82 Å². The molecule has 1 fully saturated rings. The summed E-state index contributed by atoms with van der Waals surface area (Å²) >= 11 is 0. The Kier molecular flexibility index (Phi) is 3.86. The molecule has 1 saturated carbocycles. The predicted molar refractivity (Wildman–Crippen MR) is 85.5 cm³/mol. The standard InChI is InChI=1S/C17H23N3O/c1-3-20-16(18)15(13-9-6-10-14(11-13)21-2)19-17(20)12-7-4-5-8-12/h6,9-12H,3-5,7-8,18H2,1-2H3. The van der Waals surface area contributed by atoms with Gasteiger partial charge in [-0.05, 0) is 31.9 Å². The lowest BCUT2D eigenvalue weighted by Crippen LogP contribution is -2.08. The average Bonchev–Trinajstić information content (AvgIpc) is 3.14. The van der Waals surface area contributed by atoms with Gasteiger partial charge in [0.15, 0.2) is 0 Å². The first-order chi connectivity index (χ1) is 10.2. The van der Waals surface area contributed by atoms with Crippen LogP contribution in [0.1, 0.15) is 44.3 Å². The van der Waals surface area contributed by atoms with Crippen LogP contribution in [0.25, 0.3) is 11.3 Å². The molecule has 0 aliphatic heterocycles. The number of benzene rings is 1. The molecule has 2 aromatic rings. The van der Waals surface area contributed by atoms with Crippen LogP contribution in [-0.2, 0) is 6.54 Å². The zero-order valence-electron chi connectivity index (χ0n) is 12.8. The number of methoxy groups -OCH3 is 1. The minimum absolute atomic E-state index is 0.562. The van der Waals surface area contributed by atoms with Gasteiger partial charge >= 0.3 is 0 Å². The van der Waals surface area contributed by atoms with Crippen molar-refractivity contribution in [2.24, 2.45) is 0 Å². The van der Waals surface area contributed by atoms with Crippen LogP contribution in [0, 0.1) is 0 Å². The number of hydrogen-bond acceptors (Lipinski definition) is 3. The SMILES string of the molecule is CCn1c(C2CCCC2)nc(-c2cccc(OC)c2)c1N. The average molecular weight is 285 g/mol. The molecular weight excluding hydrogens is 262 g/mol. The van der Waals surface area contributed by atoms with Gasteiger partial charge in [0.05, 0.1) is 7.11 Å². The summed E-state index contributed by atoms with van der Waals surface area (Å²) in [6.45, 7) is 3.00. The molecule has 4 heteroatoms. The van der Waals surface area contributed by atoms with E-state index >= 15 is 0 Å². The first kappa shape index (κ1) is 14.0. The molecule has 0 amide bonds. The Morgan fingerprint density at radius 1 is 1.33 bits per heavy atom. The Morgan fingerprint density at radius 2 is 2.10 bits per heavy atom. The van der Waals surface area contributed by atoms with E-state index in [1.54, 1.807) is 7.11 Å². The van der Waals surface area contributed by atoms with Crippen molar-refractivity contribution in [3.05, 3.63) is 30.1 Å². The maximum absolute atomic E-state index is 6.37. The quantitative estimate of drug-likeness (QED) is 0.929. The monoisotopic (exact) mass is 285 g/mol. The van der Waals surface area contributed by atoms with Crippen LogP contribution in [0.5, 0.6) is 5.75 Å². The number of aromatic nitrogens is 2. The molecule has 112 valence electrons. The number of nitrogens with zero attached hydrogens (tertiary/aromatic N) is 2. The zero-order valence-corrected chi connectivity index (χ0v) is 12.8. The fraction of sp³-hybridized carbons (Fsp3) is 0.471. The van der Waals surface area contributed by atoms with E-state index in [1.165, 1.54) is 25.7 Å². The van der Waals surface area contributed by atoms with E-state index in [9.17, 15) is 0 Å². The van der Waals surface area contributed by atoms with Crippen LogP contribution < -0.4 is 10.5 Å². The van der Waals surface area contributed by atoms with Gasteiger partial charge in [-0.3, -0.25) is 0 Å². The highest BCUT2D eigenvalue weighted by atomic mass is 16.5. The number of anilines is 1. The van der Waals surface area contributed by atoms with E-state index in [1.807, 2.05) is 24.3 Å². The Hall–Kier alpha value is -1.97. The second-order valence-electron chi connectivity index (χ2n) is 5.66. The smallest absolute Gasteiger partial charge is 0.131 e. The number of rotatable bonds is 4. The third-order valence-electron chi connectivity index (χ3n) is 4.42. The highest BCUT2D eigenvalue weighted by Gasteiger charge is 2.25. The van der Waals surface area contributed by atoms with Gasteiger partial charge in [-0.1, -0.05) is 25.0 Å². The molecule has 1 aliphatic carbocycles. The minimum atomic E-state index is 0.562. The molecule has 4 nitrogen and oxygen atoms in total. The lowest BCUT2D eigenvalue weighted by atomic mass is 10.1. The molecule has 3 rings (SSSR count). The molecule has 0 unspecified atom stereocenters. The number of imidazole rings is 1. The first-order valence-electron chi connectivity index (χ1n) is 7.75. The molecule has 1 heterocycles. The number of nitrogens with two attached hydrogens (primary N) is 1. The van der Waals surface area contributed by atoms with Gasteiger partial charge in [0, 0.05) is 18.0 Å². The molecule has 1 aromatic carbocycles. The molecule has 2 N–H and O–H groups in total. The topological polar surface area (TPSA) is 53.1 Å². The van der Waals surface area contributed by atoms with E-state index in [-0.39, 0.29) is 0 Å². The van der Waals surface area contributed by atoms with E-state index < -0.39 is 0 Å². The van der Waals surface area contributed by atoms with Crippen molar-refractivity contribution in [2.45, 2.75) is 45.1 Å². The maximum Gasteiger partial charge on any atom is 0.131 e. The predicted octanol–water partition coefficient (Wildman–Crippen LogP) is 3.82. The summed E-state index contributed by atoms with van der Waals surface area (Å²) in [7, 11) is 1.68. The Balaban J connectivity index is 2.05. The van der Waals surface area contributed by atoms with Crippen molar-refractivity contribution in [3.8, 4) is 17.0 Å². The van der Waals surface area contributed by atoms with Crippen molar-refractivity contribution in [1.29, 1.82) is 0 Å². The minimum Gasteiger partial charge on any atom is -0.497 e. The summed E-state index contributed by atoms with van der Waals surface area (Å²) in [5, 5.41) is 0. The third-order valence-corrected chi connectivity index (χ3v) is 4.42. The van der Waals surface area contributed by atoms with Crippen molar-refractivity contribution in [1.82, 2.24) is 9.55 Å². The van der Waals surface area contributed by atoms with Crippen LogP contribution in [-0.4, -0.2) is 16.7 Å². The van der Waals surface area contributed by atoms with Gasteiger partial charge < -0.3 is 15.0 Å². The van der Waals surface area contributed by atoms with Gasteiger partial charge in [0.1, 0.15) is 23.1 Å². The van der Waals surface area contributed by atoms with Crippen molar-refractivity contribution >= 4 is 5.82 Å². The van der Waals surface area contributed by atoms with Gasteiger partial charge in [0.2, 0.25) is 0 Å². The van der Waals surface area contributed by atoms with Gasteiger partial charge in [0.25, 0.3) is 0 Å². The fourth-order valence-electron chi connectivity index (χ4n) is 3.29. The van der Waals surface area contributed by atoms with Crippen LogP contribution in [0.2, 0.25) is 0 Å². The Morgan fingerprint density at radius 3 is 2.76 bits per heavy atom. The van der Waals surface area contributed by atoms with Crippen LogP contribution in [0.15, 0.2) is 24.3 Å². The molecule has 1 aromatic heterocycles. The highest BCUT2D eigenvalue weighted by molar-refractivity contribution is 5.72. The van der Waals surface area contributed by atoms with Crippen molar-refractivity contribution in [3.63, 3.8) is 0 Å². The summed E-state index contributed by atoms with van der Waals surface area (Å²) in [5.74, 6) is 3.32. The normalized spacial score (nSPS) is 15.5. The number of ether oxygens (including phenoxy) is 1. The first-order valence-corrected chi connectivity index (χ1v) is 7.75. The summed E-state index contributed by atoms with van der Waals surface area (Å²) in [5.41, 5.74) is 8.28. The third kappa shape index (κ3) is 2.50.